The highest BCUT2D eigenvalue weighted by Gasteiger charge is 2.25. The maximum Gasteiger partial charge on any atom is 0.251 e. The molecular weight excluding hydrogens is 372 g/mol. The lowest BCUT2D eigenvalue weighted by Crippen LogP contribution is -2.42. The number of amides is 2. The second kappa shape index (κ2) is 8.78. The number of carbonyl (C=O) groups is 2. The largest absolute Gasteiger partial charge is 0.493 e. The molecule has 2 aromatic rings. The molecule has 1 N–H and O–H groups in total. The summed E-state index contributed by atoms with van der Waals surface area (Å²) in [5.74, 6) is 1.31. The highest BCUT2D eigenvalue weighted by Crippen LogP contribution is 2.22. The molecule has 1 saturated heterocycles. The van der Waals surface area contributed by atoms with E-state index in [2.05, 4.69) is 5.32 Å². The van der Waals surface area contributed by atoms with E-state index in [1.54, 1.807) is 11.3 Å². The zero-order valence-corrected chi connectivity index (χ0v) is 16.7. The fraction of sp³-hybridized carbons (Fsp3) is 0.455. The Balaban J connectivity index is 1.24. The minimum Gasteiger partial charge on any atom is -0.493 e. The van der Waals surface area contributed by atoms with Gasteiger partial charge in [-0.05, 0) is 61.4 Å². The maximum atomic E-state index is 12.5. The molecule has 1 saturated carbocycles. The van der Waals surface area contributed by atoms with E-state index in [1.807, 2.05) is 46.7 Å². The third kappa shape index (κ3) is 5.13. The quantitative estimate of drug-likeness (QED) is 0.777. The number of ether oxygens (including phenoxy) is 1. The number of nitrogens with one attached hydrogen (secondary N) is 1. The second-order valence-corrected chi connectivity index (χ2v) is 8.72. The number of nitrogens with zero attached hydrogens (tertiary/aromatic N) is 1. The lowest BCUT2D eigenvalue weighted by atomic mass is 9.98. The summed E-state index contributed by atoms with van der Waals surface area (Å²) >= 11 is 1.63. The van der Waals surface area contributed by atoms with Crippen molar-refractivity contribution in [1.29, 1.82) is 0 Å². The summed E-state index contributed by atoms with van der Waals surface area (Å²) in [5.41, 5.74) is 0.669. The highest BCUT2D eigenvalue weighted by molar-refractivity contribution is 7.10. The van der Waals surface area contributed by atoms with Crippen LogP contribution in [0.3, 0.4) is 0 Å². The van der Waals surface area contributed by atoms with Gasteiger partial charge in [0, 0.05) is 35.5 Å². The molecule has 0 unspecified atom stereocenters. The SMILES string of the molecule is O=C(NC1CC1)c1ccc(OC[C@@H]2CCCN(C(=O)Cc3cccs3)C2)cc1. The number of thiophene rings is 1. The van der Waals surface area contributed by atoms with Crippen molar-refractivity contribution in [3.8, 4) is 5.75 Å². The standard InChI is InChI=1S/C22H26N2O3S/c25-21(13-20-4-2-12-28-20)24-11-1-3-16(14-24)15-27-19-9-5-17(6-10-19)22(26)23-18-7-8-18/h2,4-6,9-10,12,16,18H,1,3,7-8,11,13-15H2,(H,23,26)/t16-/m1/s1. The van der Waals surface area contributed by atoms with Gasteiger partial charge in [0.1, 0.15) is 5.75 Å². The molecule has 148 valence electrons. The number of rotatable bonds is 7. The molecule has 6 heteroatoms. The monoisotopic (exact) mass is 398 g/mol. The third-order valence-electron chi connectivity index (χ3n) is 5.29. The number of hydrogen-bond donors (Lipinski definition) is 1. The summed E-state index contributed by atoms with van der Waals surface area (Å²) in [6, 6.07) is 11.7. The van der Waals surface area contributed by atoms with Crippen molar-refractivity contribution in [3.05, 3.63) is 52.2 Å². The van der Waals surface area contributed by atoms with Crippen LogP contribution >= 0.6 is 11.3 Å². The van der Waals surface area contributed by atoms with E-state index in [4.69, 9.17) is 4.74 Å². The van der Waals surface area contributed by atoms with Gasteiger partial charge < -0.3 is 15.0 Å². The molecule has 2 fully saturated rings. The van der Waals surface area contributed by atoms with Crippen LogP contribution in [-0.2, 0) is 11.2 Å². The molecule has 5 nitrogen and oxygen atoms in total. The van der Waals surface area contributed by atoms with Gasteiger partial charge in [-0.3, -0.25) is 9.59 Å². The number of piperidine rings is 1. The third-order valence-corrected chi connectivity index (χ3v) is 6.17. The van der Waals surface area contributed by atoms with Crippen molar-refractivity contribution < 1.29 is 14.3 Å². The Morgan fingerprint density at radius 3 is 2.68 bits per heavy atom. The fourth-order valence-corrected chi connectivity index (χ4v) is 4.21. The minimum absolute atomic E-state index is 0.0128. The Kier molecular flexibility index (Phi) is 5.95. The van der Waals surface area contributed by atoms with Crippen molar-refractivity contribution in [2.24, 2.45) is 5.92 Å². The van der Waals surface area contributed by atoms with E-state index < -0.39 is 0 Å². The fourth-order valence-electron chi connectivity index (χ4n) is 3.51. The molecule has 1 aromatic carbocycles. The molecule has 1 atom stereocenters. The van der Waals surface area contributed by atoms with Gasteiger partial charge in [0.05, 0.1) is 13.0 Å². The molecule has 0 spiro atoms. The molecule has 0 radical (unpaired) electrons. The van der Waals surface area contributed by atoms with Crippen LogP contribution in [0.1, 0.15) is 40.9 Å². The minimum atomic E-state index is -0.0128. The second-order valence-electron chi connectivity index (χ2n) is 7.69. The Bertz CT molecular complexity index is 800. The van der Waals surface area contributed by atoms with E-state index in [0.29, 0.717) is 30.6 Å². The van der Waals surface area contributed by atoms with Crippen LogP contribution < -0.4 is 10.1 Å². The summed E-state index contributed by atoms with van der Waals surface area (Å²) in [6.45, 7) is 2.19. The molecule has 0 bridgehead atoms. The van der Waals surface area contributed by atoms with E-state index in [0.717, 1.165) is 49.4 Å². The molecule has 1 aliphatic carbocycles. The zero-order valence-electron chi connectivity index (χ0n) is 15.9. The lowest BCUT2D eigenvalue weighted by molar-refractivity contribution is -0.132. The predicted molar refractivity (Wildman–Crippen MR) is 110 cm³/mol. The number of likely N-dealkylation sites (tertiary alicyclic amines) is 1. The normalized spacial score (nSPS) is 19.3. The van der Waals surface area contributed by atoms with Crippen LogP contribution in [0.4, 0.5) is 0 Å². The summed E-state index contributed by atoms with van der Waals surface area (Å²) in [4.78, 5) is 27.7. The molecule has 2 amide bonds. The van der Waals surface area contributed by atoms with Crippen LogP contribution in [0, 0.1) is 5.92 Å². The Hall–Kier alpha value is -2.34. The Labute approximate surface area is 169 Å². The first kappa shape index (κ1) is 19.0. The van der Waals surface area contributed by atoms with E-state index in [9.17, 15) is 9.59 Å². The van der Waals surface area contributed by atoms with Gasteiger partial charge in [0.2, 0.25) is 5.91 Å². The van der Waals surface area contributed by atoms with Crippen molar-refractivity contribution in [1.82, 2.24) is 10.2 Å². The van der Waals surface area contributed by atoms with Gasteiger partial charge in [-0.2, -0.15) is 0 Å². The van der Waals surface area contributed by atoms with Crippen molar-refractivity contribution >= 4 is 23.2 Å². The summed E-state index contributed by atoms with van der Waals surface area (Å²) in [5, 5.41) is 5.00. The van der Waals surface area contributed by atoms with E-state index >= 15 is 0 Å². The first-order valence-electron chi connectivity index (χ1n) is 10.0. The summed E-state index contributed by atoms with van der Waals surface area (Å²) < 4.78 is 5.94. The molecule has 28 heavy (non-hydrogen) atoms. The van der Waals surface area contributed by atoms with E-state index in [1.165, 1.54) is 0 Å². The number of carbonyl (C=O) groups excluding carboxylic acids is 2. The van der Waals surface area contributed by atoms with Crippen molar-refractivity contribution in [2.45, 2.75) is 38.1 Å². The van der Waals surface area contributed by atoms with Gasteiger partial charge in [0.25, 0.3) is 5.91 Å². The van der Waals surface area contributed by atoms with Crippen LogP contribution in [0.15, 0.2) is 41.8 Å². The molecule has 1 aromatic heterocycles. The van der Waals surface area contributed by atoms with Gasteiger partial charge in [-0.1, -0.05) is 6.07 Å². The first-order valence-corrected chi connectivity index (χ1v) is 10.9. The molecule has 2 heterocycles. The Morgan fingerprint density at radius 2 is 1.96 bits per heavy atom. The first-order chi connectivity index (χ1) is 13.7. The summed E-state index contributed by atoms with van der Waals surface area (Å²) in [7, 11) is 0. The molecular formula is C22H26N2O3S. The van der Waals surface area contributed by atoms with Crippen LogP contribution in [0.5, 0.6) is 5.75 Å². The molecule has 1 aliphatic heterocycles. The predicted octanol–water partition coefficient (Wildman–Crippen LogP) is 3.50. The van der Waals surface area contributed by atoms with Gasteiger partial charge in [-0.25, -0.2) is 0 Å². The van der Waals surface area contributed by atoms with Gasteiger partial charge in [-0.15, -0.1) is 11.3 Å². The number of hydrogen-bond acceptors (Lipinski definition) is 4. The smallest absolute Gasteiger partial charge is 0.251 e. The van der Waals surface area contributed by atoms with Crippen LogP contribution in [-0.4, -0.2) is 42.5 Å². The lowest BCUT2D eigenvalue weighted by Gasteiger charge is -2.32. The van der Waals surface area contributed by atoms with Crippen molar-refractivity contribution in [3.63, 3.8) is 0 Å². The highest BCUT2D eigenvalue weighted by atomic mass is 32.1. The van der Waals surface area contributed by atoms with Crippen LogP contribution in [0.25, 0.3) is 0 Å². The average Bonchev–Trinajstić information content (AvgIpc) is 3.39. The Morgan fingerprint density at radius 1 is 1.14 bits per heavy atom. The number of benzene rings is 1. The van der Waals surface area contributed by atoms with E-state index in [-0.39, 0.29) is 11.8 Å². The zero-order chi connectivity index (χ0) is 19.3. The van der Waals surface area contributed by atoms with Crippen molar-refractivity contribution in [2.75, 3.05) is 19.7 Å². The topological polar surface area (TPSA) is 58.6 Å². The molecule has 2 aliphatic rings. The van der Waals surface area contributed by atoms with Crippen LogP contribution in [0.2, 0.25) is 0 Å². The summed E-state index contributed by atoms with van der Waals surface area (Å²) in [6.07, 6.45) is 4.76. The van der Waals surface area contributed by atoms with Gasteiger partial charge >= 0.3 is 0 Å². The van der Waals surface area contributed by atoms with Gasteiger partial charge in [0.15, 0.2) is 0 Å². The maximum absolute atomic E-state index is 12.5. The molecule has 4 rings (SSSR count). The average molecular weight is 399 g/mol.